The number of para-hydroxylation sites is 2. The Morgan fingerprint density at radius 3 is 2.21 bits per heavy atom. The van der Waals surface area contributed by atoms with Crippen molar-refractivity contribution < 1.29 is 0 Å². The van der Waals surface area contributed by atoms with Gasteiger partial charge in [0.05, 0.1) is 16.6 Å². The molecule has 0 spiro atoms. The zero-order chi connectivity index (χ0) is 16.5. The molecular formula is C20H13ClN2O. The van der Waals surface area contributed by atoms with E-state index >= 15 is 0 Å². The van der Waals surface area contributed by atoms with Crippen LogP contribution >= 0.6 is 11.6 Å². The molecule has 0 unspecified atom stereocenters. The van der Waals surface area contributed by atoms with E-state index in [1.165, 1.54) is 0 Å². The highest BCUT2D eigenvalue weighted by Crippen LogP contribution is 2.23. The summed E-state index contributed by atoms with van der Waals surface area (Å²) in [6.07, 6.45) is 0. The summed E-state index contributed by atoms with van der Waals surface area (Å²) in [6, 6.07) is 24.3. The summed E-state index contributed by atoms with van der Waals surface area (Å²) in [5.41, 5.74) is 2.22. The highest BCUT2D eigenvalue weighted by Gasteiger charge is 2.14. The van der Waals surface area contributed by atoms with E-state index in [9.17, 15) is 4.79 Å². The molecule has 3 nitrogen and oxygen atoms in total. The van der Waals surface area contributed by atoms with Gasteiger partial charge in [-0.05, 0) is 48.5 Å². The van der Waals surface area contributed by atoms with Crippen molar-refractivity contribution in [3.05, 3.63) is 94.2 Å². The predicted octanol–water partition coefficient (Wildman–Crippen LogP) is 4.71. The average Bonchev–Trinajstić information content (AvgIpc) is 2.63. The third kappa shape index (κ3) is 2.49. The van der Waals surface area contributed by atoms with Crippen molar-refractivity contribution in [3.8, 4) is 17.1 Å². The first-order chi connectivity index (χ1) is 11.7. The highest BCUT2D eigenvalue weighted by molar-refractivity contribution is 6.30. The zero-order valence-corrected chi connectivity index (χ0v) is 13.4. The van der Waals surface area contributed by atoms with E-state index in [4.69, 9.17) is 16.6 Å². The van der Waals surface area contributed by atoms with Crippen LogP contribution in [0.1, 0.15) is 0 Å². The van der Waals surface area contributed by atoms with Crippen molar-refractivity contribution in [1.29, 1.82) is 0 Å². The van der Waals surface area contributed by atoms with E-state index in [1.54, 1.807) is 22.8 Å². The Labute approximate surface area is 143 Å². The van der Waals surface area contributed by atoms with Crippen LogP contribution in [0.15, 0.2) is 83.7 Å². The summed E-state index contributed by atoms with van der Waals surface area (Å²) in [7, 11) is 0. The lowest BCUT2D eigenvalue weighted by molar-refractivity contribution is 0.976. The van der Waals surface area contributed by atoms with Crippen LogP contribution < -0.4 is 5.56 Å². The van der Waals surface area contributed by atoms with E-state index in [2.05, 4.69) is 0 Å². The lowest BCUT2D eigenvalue weighted by Gasteiger charge is -2.14. The normalized spacial score (nSPS) is 10.9. The molecule has 0 aliphatic carbocycles. The molecule has 4 aromatic rings. The predicted molar refractivity (Wildman–Crippen MR) is 97.8 cm³/mol. The fourth-order valence-corrected chi connectivity index (χ4v) is 2.87. The van der Waals surface area contributed by atoms with Crippen LogP contribution in [0.3, 0.4) is 0 Å². The first kappa shape index (κ1) is 14.7. The Balaban J connectivity index is 2.11. The van der Waals surface area contributed by atoms with Gasteiger partial charge in [-0.15, -0.1) is 0 Å². The molecule has 0 fully saturated rings. The lowest BCUT2D eigenvalue weighted by atomic mass is 10.1. The highest BCUT2D eigenvalue weighted by atomic mass is 35.5. The van der Waals surface area contributed by atoms with Crippen molar-refractivity contribution in [2.75, 3.05) is 0 Å². The van der Waals surface area contributed by atoms with Crippen molar-refractivity contribution in [2.24, 2.45) is 0 Å². The first-order valence-corrected chi connectivity index (χ1v) is 7.95. The summed E-state index contributed by atoms with van der Waals surface area (Å²) in [5, 5.41) is 1.24. The Bertz CT molecular complexity index is 1070. The van der Waals surface area contributed by atoms with Gasteiger partial charge in [0.2, 0.25) is 0 Å². The number of aromatic nitrogens is 2. The van der Waals surface area contributed by atoms with E-state index in [0.29, 0.717) is 21.7 Å². The topological polar surface area (TPSA) is 34.9 Å². The molecule has 1 aromatic heterocycles. The van der Waals surface area contributed by atoms with Crippen LogP contribution in [0, 0.1) is 0 Å². The molecule has 0 N–H and O–H groups in total. The monoisotopic (exact) mass is 332 g/mol. The summed E-state index contributed by atoms with van der Waals surface area (Å²) in [5.74, 6) is 0.599. The van der Waals surface area contributed by atoms with Gasteiger partial charge in [-0.3, -0.25) is 9.36 Å². The van der Waals surface area contributed by atoms with E-state index < -0.39 is 0 Å². The lowest BCUT2D eigenvalue weighted by Crippen LogP contribution is -2.21. The minimum absolute atomic E-state index is 0.0863. The molecular weight excluding hydrogens is 320 g/mol. The summed E-state index contributed by atoms with van der Waals surface area (Å²) < 4.78 is 1.64. The molecule has 116 valence electrons. The van der Waals surface area contributed by atoms with Gasteiger partial charge in [-0.2, -0.15) is 0 Å². The van der Waals surface area contributed by atoms with Gasteiger partial charge in [0.15, 0.2) is 0 Å². The van der Waals surface area contributed by atoms with Crippen molar-refractivity contribution >= 4 is 22.5 Å². The maximum atomic E-state index is 13.1. The zero-order valence-electron chi connectivity index (χ0n) is 12.7. The van der Waals surface area contributed by atoms with Gasteiger partial charge in [0.1, 0.15) is 5.82 Å². The molecule has 3 aromatic carbocycles. The van der Waals surface area contributed by atoms with E-state index in [-0.39, 0.29) is 5.56 Å². The number of halogens is 1. The van der Waals surface area contributed by atoms with Crippen LogP contribution in [0.25, 0.3) is 28.0 Å². The summed E-state index contributed by atoms with van der Waals surface area (Å²) in [6.45, 7) is 0. The third-order valence-electron chi connectivity index (χ3n) is 3.89. The van der Waals surface area contributed by atoms with Gasteiger partial charge in [-0.25, -0.2) is 4.98 Å². The molecule has 0 bridgehead atoms. The third-order valence-corrected chi connectivity index (χ3v) is 4.14. The quantitative estimate of drug-likeness (QED) is 0.533. The minimum atomic E-state index is -0.0863. The molecule has 0 saturated carbocycles. The fourth-order valence-electron chi connectivity index (χ4n) is 2.74. The number of hydrogen-bond acceptors (Lipinski definition) is 2. The minimum Gasteiger partial charge on any atom is -0.268 e. The summed E-state index contributed by atoms with van der Waals surface area (Å²) >= 11 is 5.99. The van der Waals surface area contributed by atoms with Crippen LogP contribution in [0.5, 0.6) is 0 Å². The molecule has 4 heteroatoms. The molecule has 0 aliphatic rings. The second-order valence-corrected chi connectivity index (χ2v) is 5.87. The molecule has 0 radical (unpaired) electrons. The maximum Gasteiger partial charge on any atom is 0.266 e. The number of benzene rings is 3. The molecule has 1 heterocycles. The summed E-state index contributed by atoms with van der Waals surface area (Å²) in [4.78, 5) is 17.8. The van der Waals surface area contributed by atoms with Gasteiger partial charge in [-0.1, -0.05) is 41.9 Å². The number of fused-ring (bicyclic) bond motifs is 1. The van der Waals surface area contributed by atoms with E-state index in [0.717, 1.165) is 11.3 Å². The second-order valence-electron chi connectivity index (χ2n) is 5.44. The van der Waals surface area contributed by atoms with Crippen molar-refractivity contribution in [2.45, 2.75) is 0 Å². The Kier molecular flexibility index (Phi) is 3.63. The van der Waals surface area contributed by atoms with E-state index in [1.807, 2.05) is 60.7 Å². The number of rotatable bonds is 2. The molecule has 0 saturated heterocycles. The first-order valence-electron chi connectivity index (χ1n) is 7.57. The van der Waals surface area contributed by atoms with Crippen LogP contribution in [-0.4, -0.2) is 9.55 Å². The number of hydrogen-bond donors (Lipinski definition) is 0. The SMILES string of the molecule is O=c1c2ccccc2nc(-c2ccc(Cl)cc2)n1-c1ccccc1. The van der Waals surface area contributed by atoms with Crippen molar-refractivity contribution in [1.82, 2.24) is 9.55 Å². The van der Waals surface area contributed by atoms with Gasteiger partial charge in [0.25, 0.3) is 5.56 Å². The molecule has 24 heavy (non-hydrogen) atoms. The Morgan fingerprint density at radius 1 is 0.792 bits per heavy atom. The van der Waals surface area contributed by atoms with Gasteiger partial charge in [0, 0.05) is 10.6 Å². The van der Waals surface area contributed by atoms with Crippen LogP contribution in [0.4, 0.5) is 0 Å². The van der Waals surface area contributed by atoms with Crippen LogP contribution in [0.2, 0.25) is 5.02 Å². The van der Waals surface area contributed by atoms with Gasteiger partial charge >= 0.3 is 0 Å². The Hall–Kier alpha value is -2.91. The molecule has 0 atom stereocenters. The smallest absolute Gasteiger partial charge is 0.266 e. The molecule has 0 aliphatic heterocycles. The molecule has 4 rings (SSSR count). The van der Waals surface area contributed by atoms with Crippen LogP contribution in [-0.2, 0) is 0 Å². The largest absolute Gasteiger partial charge is 0.268 e. The Morgan fingerprint density at radius 2 is 1.46 bits per heavy atom. The standard InChI is InChI=1S/C20H13ClN2O/c21-15-12-10-14(11-13-15)19-22-18-9-5-4-8-17(18)20(24)23(19)16-6-2-1-3-7-16/h1-13H. The maximum absolute atomic E-state index is 13.1. The second kappa shape index (κ2) is 5.95. The fraction of sp³-hybridized carbons (Fsp3) is 0. The average molecular weight is 333 g/mol. The molecule has 0 amide bonds. The van der Waals surface area contributed by atoms with Crippen molar-refractivity contribution in [3.63, 3.8) is 0 Å². The number of nitrogens with zero attached hydrogens (tertiary/aromatic N) is 2. The van der Waals surface area contributed by atoms with Gasteiger partial charge < -0.3 is 0 Å².